The Labute approximate surface area is 308 Å². The molecule has 0 aliphatic heterocycles. The van der Waals surface area contributed by atoms with Gasteiger partial charge in [0.2, 0.25) is 0 Å². The zero-order valence-electron chi connectivity index (χ0n) is 30.5. The van der Waals surface area contributed by atoms with Crippen LogP contribution in [0.5, 0.6) is 0 Å². The van der Waals surface area contributed by atoms with Crippen molar-refractivity contribution < 1.29 is 48.5 Å². The molecule has 5 rings (SSSR count). The second-order valence-electron chi connectivity index (χ2n) is 14.1. The maximum absolute atomic E-state index is 13.9. The number of rotatable bonds is 14. The van der Waals surface area contributed by atoms with Crippen molar-refractivity contribution in [1.29, 1.82) is 0 Å². The molecule has 0 atom stereocenters. The van der Waals surface area contributed by atoms with Crippen molar-refractivity contribution in [3.63, 3.8) is 0 Å². The number of hydrogen-bond acceptors (Lipinski definition) is 10. The molecule has 0 heterocycles. The number of benzene rings is 4. The lowest BCUT2D eigenvalue weighted by atomic mass is 9.76. The molecule has 53 heavy (non-hydrogen) atoms. The first-order chi connectivity index (χ1) is 25.1. The highest BCUT2D eigenvalue weighted by Gasteiger charge is 2.52. The highest BCUT2D eigenvalue weighted by Crippen LogP contribution is 2.38. The fourth-order valence-corrected chi connectivity index (χ4v) is 5.50. The quantitative estimate of drug-likeness (QED) is 0.0542. The molecule has 10 nitrogen and oxygen atoms in total. The second kappa shape index (κ2) is 15.9. The van der Waals surface area contributed by atoms with Gasteiger partial charge in [-0.25, -0.2) is 14.4 Å². The number of hydrogen-bond donors (Lipinski definition) is 0. The highest BCUT2D eigenvalue weighted by molar-refractivity contribution is 6.12. The summed E-state index contributed by atoms with van der Waals surface area (Å²) in [4.78, 5) is 87.0. The molecule has 10 heteroatoms. The summed E-state index contributed by atoms with van der Waals surface area (Å²) in [6.45, 7) is 10.3. The molecule has 4 aromatic rings. The van der Waals surface area contributed by atoms with Crippen LogP contribution < -0.4 is 0 Å². The van der Waals surface area contributed by atoms with E-state index in [0.717, 1.165) is 5.56 Å². The third-order valence-corrected chi connectivity index (χ3v) is 8.93. The first-order valence-electron chi connectivity index (χ1n) is 17.0. The van der Waals surface area contributed by atoms with Crippen LogP contribution in [0.25, 0.3) is 0 Å². The van der Waals surface area contributed by atoms with Crippen LogP contribution in [0.2, 0.25) is 0 Å². The Morgan fingerprint density at radius 3 is 1.30 bits per heavy atom. The number of ketones is 1. The van der Waals surface area contributed by atoms with Gasteiger partial charge in [0, 0.05) is 17.6 Å². The summed E-state index contributed by atoms with van der Waals surface area (Å²) in [6.07, 6.45) is 3.76. The molecule has 0 saturated carbocycles. The molecule has 0 unspecified atom stereocenters. The van der Waals surface area contributed by atoms with Crippen LogP contribution in [-0.4, -0.2) is 23.7 Å². The van der Waals surface area contributed by atoms with Gasteiger partial charge in [0.05, 0.1) is 5.56 Å². The Bertz CT molecular complexity index is 1910. The number of carbonyl (C=O) groups is 4. The summed E-state index contributed by atoms with van der Waals surface area (Å²) in [5, 5.41) is 0. The van der Waals surface area contributed by atoms with E-state index in [1.54, 1.807) is 65.8 Å². The van der Waals surface area contributed by atoms with E-state index < -0.39 is 52.3 Å². The highest BCUT2D eigenvalue weighted by atomic mass is 17.2. The van der Waals surface area contributed by atoms with Gasteiger partial charge in [0.25, 0.3) is 0 Å². The Morgan fingerprint density at radius 2 is 0.887 bits per heavy atom. The van der Waals surface area contributed by atoms with Crippen molar-refractivity contribution in [2.75, 3.05) is 0 Å². The SMILES string of the molecule is CC(C)(OOC(=O)c1ccc(C(=O)C2=CC=CC(C(=O)OOC(C)(C)c3ccccc3)(C(=O)OOC(C)(C)c3ccccc3)C2)cc1)c1ccccc1. The smallest absolute Gasteiger partial charge is 0.296 e. The maximum Gasteiger partial charge on any atom is 0.373 e. The van der Waals surface area contributed by atoms with Crippen LogP contribution in [-0.2, 0) is 55.7 Å². The Kier molecular flexibility index (Phi) is 11.6. The van der Waals surface area contributed by atoms with Crippen LogP contribution >= 0.6 is 0 Å². The molecule has 0 amide bonds. The summed E-state index contributed by atoms with van der Waals surface area (Å²) in [7, 11) is 0. The maximum atomic E-state index is 13.9. The third kappa shape index (κ3) is 9.04. The lowest BCUT2D eigenvalue weighted by Crippen LogP contribution is -2.44. The van der Waals surface area contributed by atoms with Crippen molar-refractivity contribution in [2.24, 2.45) is 5.41 Å². The lowest BCUT2D eigenvalue weighted by Gasteiger charge is -2.31. The molecule has 0 spiro atoms. The van der Waals surface area contributed by atoms with Gasteiger partial charge in [-0.15, -0.1) is 0 Å². The molecule has 0 fully saturated rings. The molecule has 1 aliphatic rings. The van der Waals surface area contributed by atoms with Crippen LogP contribution in [0.4, 0.5) is 0 Å². The van der Waals surface area contributed by atoms with Crippen LogP contribution in [0.1, 0.15) is 85.4 Å². The van der Waals surface area contributed by atoms with Crippen molar-refractivity contribution in [1.82, 2.24) is 0 Å². The van der Waals surface area contributed by atoms with Crippen molar-refractivity contribution in [3.05, 3.63) is 167 Å². The first kappa shape index (κ1) is 38.5. The summed E-state index contributed by atoms with van der Waals surface area (Å²) in [5.74, 6) is -3.48. The minimum Gasteiger partial charge on any atom is -0.296 e. The molecule has 0 N–H and O–H groups in total. The van der Waals surface area contributed by atoms with E-state index in [-0.39, 0.29) is 16.7 Å². The number of allylic oxidation sites excluding steroid dienone is 3. The molecule has 274 valence electrons. The zero-order valence-corrected chi connectivity index (χ0v) is 30.5. The number of carbonyl (C=O) groups excluding carboxylic acids is 4. The van der Waals surface area contributed by atoms with E-state index in [9.17, 15) is 19.2 Å². The van der Waals surface area contributed by atoms with E-state index >= 15 is 0 Å². The van der Waals surface area contributed by atoms with Gasteiger partial charge in [-0.1, -0.05) is 121 Å². The van der Waals surface area contributed by atoms with E-state index in [4.69, 9.17) is 29.3 Å². The largest absolute Gasteiger partial charge is 0.373 e. The van der Waals surface area contributed by atoms with Gasteiger partial charge < -0.3 is 0 Å². The predicted octanol–water partition coefficient (Wildman–Crippen LogP) is 8.59. The standard InChI is InChI=1S/C43H42O10/c1-40(2,33-18-10-7-11-19-33)51-48-37(45)31-26-24-30(25-27-31)36(44)32-17-16-28-43(29-32,38(46)49-52-41(3,4)34-20-12-8-13-21-34)39(47)50-53-42(5,6)35-22-14-9-15-23-35/h7-28H,29H2,1-6H3. The summed E-state index contributed by atoms with van der Waals surface area (Å²) in [5.41, 5.74) is -2.60. The van der Waals surface area contributed by atoms with E-state index in [0.29, 0.717) is 11.1 Å². The molecule has 1 aliphatic carbocycles. The lowest BCUT2D eigenvalue weighted by molar-refractivity contribution is -0.346. The fraction of sp³-hybridized carbons (Fsp3) is 0.256. The second-order valence-corrected chi connectivity index (χ2v) is 14.1. The zero-order chi connectivity index (χ0) is 38.3. The summed E-state index contributed by atoms with van der Waals surface area (Å²) >= 11 is 0. The fourth-order valence-electron chi connectivity index (χ4n) is 5.50. The Morgan fingerprint density at radius 1 is 0.509 bits per heavy atom. The molecule has 0 aromatic heterocycles. The molecule has 0 radical (unpaired) electrons. The Hall–Kier alpha value is -5.68. The first-order valence-corrected chi connectivity index (χ1v) is 17.0. The van der Waals surface area contributed by atoms with Crippen LogP contribution in [0, 0.1) is 5.41 Å². The summed E-state index contributed by atoms with van der Waals surface area (Å²) in [6, 6.07) is 33.2. The normalized spacial score (nSPS) is 14.1. The monoisotopic (exact) mass is 718 g/mol. The average molecular weight is 719 g/mol. The third-order valence-electron chi connectivity index (χ3n) is 8.93. The summed E-state index contributed by atoms with van der Waals surface area (Å²) < 4.78 is 0. The minimum absolute atomic E-state index is 0.0920. The van der Waals surface area contributed by atoms with Crippen molar-refractivity contribution >= 4 is 23.7 Å². The molecule has 0 bridgehead atoms. The molecule has 4 aromatic carbocycles. The van der Waals surface area contributed by atoms with Crippen molar-refractivity contribution in [2.45, 2.75) is 64.8 Å². The van der Waals surface area contributed by atoms with Gasteiger partial charge in [-0.3, -0.25) is 19.5 Å². The van der Waals surface area contributed by atoms with Gasteiger partial charge >= 0.3 is 17.9 Å². The van der Waals surface area contributed by atoms with Crippen molar-refractivity contribution in [3.8, 4) is 0 Å². The predicted molar refractivity (Wildman–Crippen MR) is 194 cm³/mol. The van der Waals surface area contributed by atoms with E-state index in [1.165, 1.54) is 42.5 Å². The Balaban J connectivity index is 1.33. The van der Waals surface area contributed by atoms with Gasteiger partial charge in [0.1, 0.15) is 16.8 Å². The van der Waals surface area contributed by atoms with Crippen LogP contribution in [0.15, 0.2) is 139 Å². The minimum atomic E-state index is -2.16. The molecule has 0 saturated heterocycles. The van der Waals surface area contributed by atoms with E-state index in [2.05, 4.69) is 0 Å². The van der Waals surface area contributed by atoms with Crippen LogP contribution in [0.3, 0.4) is 0 Å². The van der Waals surface area contributed by atoms with Gasteiger partial charge in [-0.2, -0.15) is 14.7 Å². The molecular formula is C43H42O10. The van der Waals surface area contributed by atoms with Gasteiger partial charge in [0.15, 0.2) is 11.2 Å². The molecular weight excluding hydrogens is 676 g/mol. The van der Waals surface area contributed by atoms with Gasteiger partial charge in [-0.05, 0) is 70.4 Å². The average Bonchev–Trinajstić information content (AvgIpc) is 3.19. The topological polar surface area (TPSA) is 124 Å². The number of Topliss-reactive ketones (excluding diaryl/α,β-unsaturated/α-hetero) is 1. The van der Waals surface area contributed by atoms with E-state index in [1.807, 2.05) is 66.7 Å².